The molecule has 0 radical (unpaired) electrons. The third kappa shape index (κ3) is 2.10. The van der Waals surface area contributed by atoms with E-state index >= 15 is 0 Å². The minimum Gasteiger partial charge on any atom is -0.469 e. The fraction of sp³-hybridized carbons (Fsp3) is 0.250. The van der Waals surface area contributed by atoms with E-state index < -0.39 is 0 Å². The fourth-order valence-corrected chi connectivity index (χ4v) is 4.62. The summed E-state index contributed by atoms with van der Waals surface area (Å²) in [7, 11) is 0. The van der Waals surface area contributed by atoms with Gasteiger partial charge in [0.2, 0.25) is 0 Å². The highest BCUT2D eigenvalue weighted by molar-refractivity contribution is 7.12. The van der Waals surface area contributed by atoms with E-state index in [4.69, 9.17) is 4.42 Å². The summed E-state index contributed by atoms with van der Waals surface area (Å²) in [4.78, 5) is 19.4. The second-order valence-electron chi connectivity index (χ2n) is 5.05. The molecular formula is C16H14N2O2S2. The van der Waals surface area contributed by atoms with E-state index in [-0.39, 0.29) is 5.91 Å². The number of aromatic nitrogens is 1. The highest BCUT2D eigenvalue weighted by Gasteiger charge is 2.24. The lowest BCUT2D eigenvalue weighted by Gasteiger charge is -2.13. The molecule has 1 aliphatic carbocycles. The minimum absolute atomic E-state index is 0.164. The molecule has 0 bridgehead atoms. The zero-order chi connectivity index (χ0) is 15.1. The van der Waals surface area contributed by atoms with Gasteiger partial charge in [0.05, 0.1) is 16.8 Å². The second-order valence-corrected chi connectivity index (χ2v) is 7.06. The summed E-state index contributed by atoms with van der Waals surface area (Å²) in [5, 5.41) is 1.90. The van der Waals surface area contributed by atoms with E-state index in [2.05, 4.69) is 16.5 Å². The zero-order valence-electron chi connectivity index (χ0n) is 12.0. The van der Waals surface area contributed by atoms with Crippen molar-refractivity contribution in [3.05, 3.63) is 50.2 Å². The number of rotatable bonds is 2. The molecule has 3 aromatic heterocycles. The van der Waals surface area contributed by atoms with Gasteiger partial charge in [-0.25, -0.2) is 0 Å². The van der Waals surface area contributed by atoms with Crippen molar-refractivity contribution >= 4 is 28.6 Å². The maximum absolute atomic E-state index is 12.3. The lowest BCUT2D eigenvalue weighted by atomic mass is 10.0. The Balaban J connectivity index is 1.88. The Hall–Kier alpha value is -1.92. The molecule has 1 aliphatic rings. The number of thiophene rings is 1. The lowest BCUT2D eigenvalue weighted by molar-refractivity contribution is 0.100. The normalized spacial score (nSPS) is 14.0. The first kappa shape index (κ1) is 13.7. The smallest absolute Gasteiger partial charge is 0.289 e. The molecule has 112 valence electrons. The monoisotopic (exact) mass is 330 g/mol. The average molecular weight is 330 g/mol. The minimum atomic E-state index is -0.164. The maximum atomic E-state index is 12.3. The summed E-state index contributed by atoms with van der Waals surface area (Å²) in [5.74, 6) is 0.867. The van der Waals surface area contributed by atoms with Gasteiger partial charge in [0.25, 0.3) is 5.91 Å². The molecule has 4 nitrogen and oxygen atoms in total. The molecule has 1 amide bonds. The van der Waals surface area contributed by atoms with Crippen molar-refractivity contribution in [3.63, 3.8) is 0 Å². The van der Waals surface area contributed by atoms with Gasteiger partial charge in [-0.3, -0.25) is 4.79 Å². The molecule has 0 aromatic carbocycles. The predicted molar refractivity (Wildman–Crippen MR) is 87.3 cm³/mol. The third-order valence-corrected chi connectivity index (χ3v) is 5.80. The Bertz CT molecular complexity index is 897. The Morgan fingerprint density at radius 1 is 1.41 bits per heavy atom. The Morgan fingerprint density at radius 2 is 2.32 bits per heavy atom. The molecule has 0 saturated carbocycles. The molecule has 0 fully saturated rings. The molecule has 22 heavy (non-hydrogen) atoms. The number of fused-ring (bicyclic) bond motifs is 3. The molecule has 3 heterocycles. The van der Waals surface area contributed by atoms with Gasteiger partial charge in [0.1, 0.15) is 5.76 Å². The summed E-state index contributed by atoms with van der Waals surface area (Å²) in [6.45, 7) is 2.86. The second kappa shape index (κ2) is 5.37. The van der Waals surface area contributed by atoms with Crippen molar-refractivity contribution in [1.29, 1.82) is 0 Å². The number of carbonyl (C=O) groups is 1. The SMILES string of the molecule is CCn1c2c(sc1=NC(=O)c1cccs1)CCc1occc1-2. The summed E-state index contributed by atoms with van der Waals surface area (Å²) in [6, 6.07) is 5.70. The quantitative estimate of drug-likeness (QED) is 0.719. The van der Waals surface area contributed by atoms with Gasteiger partial charge in [-0.05, 0) is 30.9 Å². The van der Waals surface area contributed by atoms with Gasteiger partial charge in [-0.15, -0.1) is 22.7 Å². The molecule has 3 aromatic rings. The Labute approximate surface area is 135 Å². The summed E-state index contributed by atoms with van der Waals surface area (Å²) < 4.78 is 7.68. The zero-order valence-corrected chi connectivity index (χ0v) is 13.7. The van der Waals surface area contributed by atoms with Gasteiger partial charge in [-0.2, -0.15) is 4.99 Å². The molecule has 4 rings (SSSR count). The van der Waals surface area contributed by atoms with Gasteiger partial charge in [0, 0.05) is 23.4 Å². The Kier molecular flexibility index (Phi) is 3.35. The predicted octanol–water partition coefficient (Wildman–Crippen LogP) is 3.73. The van der Waals surface area contributed by atoms with Crippen LogP contribution in [0.4, 0.5) is 0 Å². The van der Waals surface area contributed by atoms with Crippen molar-refractivity contribution in [1.82, 2.24) is 4.57 Å². The van der Waals surface area contributed by atoms with Crippen LogP contribution in [0, 0.1) is 0 Å². The van der Waals surface area contributed by atoms with Crippen LogP contribution in [0.15, 0.2) is 39.3 Å². The van der Waals surface area contributed by atoms with Gasteiger partial charge in [0.15, 0.2) is 4.80 Å². The number of nitrogens with zero attached hydrogens (tertiary/aromatic N) is 2. The third-order valence-electron chi connectivity index (χ3n) is 3.80. The summed E-state index contributed by atoms with van der Waals surface area (Å²) >= 11 is 3.04. The number of furan rings is 1. The molecule has 0 unspecified atom stereocenters. The largest absolute Gasteiger partial charge is 0.469 e. The van der Waals surface area contributed by atoms with Gasteiger partial charge < -0.3 is 8.98 Å². The molecule has 0 atom stereocenters. The fourth-order valence-electron chi connectivity index (χ4n) is 2.82. The number of thiazole rings is 1. The van der Waals surface area contributed by atoms with Crippen molar-refractivity contribution in [3.8, 4) is 11.3 Å². The van der Waals surface area contributed by atoms with E-state index in [1.54, 1.807) is 17.6 Å². The van der Waals surface area contributed by atoms with E-state index in [9.17, 15) is 4.79 Å². The van der Waals surface area contributed by atoms with Crippen LogP contribution in [-0.4, -0.2) is 10.5 Å². The van der Waals surface area contributed by atoms with E-state index in [0.717, 1.165) is 35.5 Å². The molecular weight excluding hydrogens is 316 g/mol. The van der Waals surface area contributed by atoms with E-state index in [1.165, 1.54) is 21.9 Å². The standard InChI is InChI=1S/C16H14N2O2S2/c1-2-18-14-10-7-8-20-11(10)5-6-12(14)22-16(18)17-15(19)13-4-3-9-21-13/h3-4,7-9H,2,5-6H2,1H3. The number of amides is 1. The first-order valence-corrected chi connectivity index (χ1v) is 8.89. The van der Waals surface area contributed by atoms with Crippen molar-refractivity contribution in [2.75, 3.05) is 0 Å². The average Bonchev–Trinajstić information content (AvgIpc) is 3.25. The molecule has 0 aliphatic heterocycles. The van der Waals surface area contributed by atoms with Crippen LogP contribution in [0.5, 0.6) is 0 Å². The Morgan fingerprint density at radius 3 is 3.09 bits per heavy atom. The lowest BCUT2D eigenvalue weighted by Crippen LogP contribution is -2.17. The molecule has 0 spiro atoms. The van der Waals surface area contributed by atoms with Crippen LogP contribution in [0.3, 0.4) is 0 Å². The topological polar surface area (TPSA) is 47.5 Å². The van der Waals surface area contributed by atoms with Crippen LogP contribution >= 0.6 is 22.7 Å². The van der Waals surface area contributed by atoms with Crippen molar-refractivity contribution in [2.24, 2.45) is 4.99 Å². The first-order valence-electron chi connectivity index (χ1n) is 7.19. The van der Waals surface area contributed by atoms with Crippen LogP contribution in [0.25, 0.3) is 11.3 Å². The molecule has 0 N–H and O–H groups in total. The molecule has 0 saturated heterocycles. The van der Waals surface area contributed by atoms with Crippen molar-refractivity contribution in [2.45, 2.75) is 26.3 Å². The maximum Gasteiger partial charge on any atom is 0.289 e. The van der Waals surface area contributed by atoms with Crippen LogP contribution in [0.1, 0.15) is 27.2 Å². The van der Waals surface area contributed by atoms with Gasteiger partial charge >= 0.3 is 0 Å². The highest BCUT2D eigenvalue weighted by atomic mass is 32.1. The number of hydrogen-bond donors (Lipinski definition) is 0. The summed E-state index contributed by atoms with van der Waals surface area (Å²) in [6.07, 6.45) is 3.60. The van der Waals surface area contributed by atoms with Crippen molar-refractivity contribution < 1.29 is 9.21 Å². The number of carbonyl (C=O) groups excluding carboxylic acids is 1. The van der Waals surface area contributed by atoms with Crippen LogP contribution in [-0.2, 0) is 19.4 Å². The molecule has 6 heteroatoms. The van der Waals surface area contributed by atoms with Crippen LogP contribution < -0.4 is 4.80 Å². The van der Waals surface area contributed by atoms with E-state index in [1.807, 2.05) is 23.6 Å². The van der Waals surface area contributed by atoms with Gasteiger partial charge in [-0.1, -0.05) is 6.07 Å². The first-order chi connectivity index (χ1) is 10.8. The van der Waals surface area contributed by atoms with E-state index in [0.29, 0.717) is 4.88 Å². The number of hydrogen-bond acceptors (Lipinski definition) is 4. The van der Waals surface area contributed by atoms with Crippen LogP contribution in [0.2, 0.25) is 0 Å². The number of aryl methyl sites for hydroxylation is 2. The highest BCUT2D eigenvalue weighted by Crippen LogP contribution is 2.35. The summed E-state index contributed by atoms with van der Waals surface area (Å²) in [5.41, 5.74) is 2.31.